The standard InChI is InChI=1S/C26H34N2O5S/c1-5-32-23-15-10-20(17-24(23)33-6-2)26(18(3)4)27-25(29)16-9-19-7-13-22(14-8-19)34(30,31)28-21-11-12-21/h7-10,13-18,21,26,28H,5-6,11-12H2,1-4H3,(H,27,29)/b16-9+. The molecule has 184 valence electrons. The van der Waals surface area contributed by atoms with Crippen LogP contribution in [0, 0.1) is 5.92 Å². The van der Waals surface area contributed by atoms with Gasteiger partial charge in [0, 0.05) is 12.1 Å². The minimum Gasteiger partial charge on any atom is -0.490 e. The van der Waals surface area contributed by atoms with Crippen LogP contribution in [-0.4, -0.2) is 33.6 Å². The van der Waals surface area contributed by atoms with Gasteiger partial charge in [-0.2, -0.15) is 0 Å². The second-order valence-corrected chi connectivity index (χ2v) is 10.3. The molecule has 0 spiro atoms. The molecule has 2 aromatic carbocycles. The maximum atomic E-state index is 12.7. The van der Waals surface area contributed by atoms with Gasteiger partial charge in [-0.15, -0.1) is 0 Å². The topological polar surface area (TPSA) is 93.7 Å². The molecule has 2 N–H and O–H groups in total. The van der Waals surface area contributed by atoms with Crippen LogP contribution >= 0.6 is 0 Å². The molecule has 3 rings (SSSR count). The smallest absolute Gasteiger partial charge is 0.244 e. The Bertz CT molecular complexity index is 1110. The van der Waals surface area contributed by atoms with Gasteiger partial charge in [0.1, 0.15) is 0 Å². The van der Waals surface area contributed by atoms with Gasteiger partial charge in [-0.1, -0.05) is 32.0 Å². The molecule has 34 heavy (non-hydrogen) atoms. The van der Waals surface area contributed by atoms with Crippen LogP contribution in [0.3, 0.4) is 0 Å². The lowest BCUT2D eigenvalue weighted by Crippen LogP contribution is -2.30. The molecule has 7 nitrogen and oxygen atoms in total. The van der Waals surface area contributed by atoms with Crippen molar-refractivity contribution >= 4 is 22.0 Å². The number of ether oxygens (including phenoxy) is 2. The van der Waals surface area contributed by atoms with E-state index in [4.69, 9.17) is 9.47 Å². The van der Waals surface area contributed by atoms with Crippen LogP contribution in [0.5, 0.6) is 11.5 Å². The van der Waals surface area contributed by atoms with Crippen molar-refractivity contribution in [1.82, 2.24) is 10.0 Å². The van der Waals surface area contributed by atoms with Gasteiger partial charge in [-0.05, 0) is 74.1 Å². The summed E-state index contributed by atoms with van der Waals surface area (Å²) >= 11 is 0. The molecule has 0 radical (unpaired) electrons. The van der Waals surface area contributed by atoms with Crippen molar-refractivity contribution in [2.24, 2.45) is 5.92 Å². The highest BCUT2D eigenvalue weighted by atomic mass is 32.2. The largest absolute Gasteiger partial charge is 0.490 e. The Kier molecular flexibility index (Phi) is 8.74. The summed E-state index contributed by atoms with van der Waals surface area (Å²) in [4.78, 5) is 12.9. The Balaban J connectivity index is 1.68. The highest BCUT2D eigenvalue weighted by molar-refractivity contribution is 7.89. The number of hydrogen-bond acceptors (Lipinski definition) is 5. The molecular weight excluding hydrogens is 452 g/mol. The summed E-state index contributed by atoms with van der Waals surface area (Å²) in [5, 5.41) is 3.06. The molecule has 1 aliphatic carbocycles. The predicted octanol–water partition coefficient (Wildman–Crippen LogP) is 4.45. The Hall–Kier alpha value is -2.84. The van der Waals surface area contributed by atoms with E-state index >= 15 is 0 Å². The third-order valence-corrected chi connectivity index (χ3v) is 6.94. The van der Waals surface area contributed by atoms with E-state index in [-0.39, 0.29) is 28.8 Å². The van der Waals surface area contributed by atoms with Crippen LogP contribution in [0.1, 0.15) is 57.7 Å². The van der Waals surface area contributed by atoms with Gasteiger partial charge in [0.05, 0.1) is 24.2 Å². The number of nitrogens with one attached hydrogen (secondary N) is 2. The average Bonchev–Trinajstić information content (AvgIpc) is 3.61. The quantitative estimate of drug-likeness (QED) is 0.432. The van der Waals surface area contributed by atoms with Gasteiger partial charge < -0.3 is 14.8 Å². The number of carbonyl (C=O) groups excluding carboxylic acids is 1. The lowest BCUT2D eigenvalue weighted by molar-refractivity contribution is -0.117. The molecule has 0 bridgehead atoms. The maximum absolute atomic E-state index is 12.7. The first kappa shape index (κ1) is 25.8. The van der Waals surface area contributed by atoms with Crippen molar-refractivity contribution in [3.63, 3.8) is 0 Å². The van der Waals surface area contributed by atoms with Crippen molar-refractivity contribution < 1.29 is 22.7 Å². The lowest BCUT2D eigenvalue weighted by Gasteiger charge is -2.23. The van der Waals surface area contributed by atoms with E-state index in [0.29, 0.717) is 24.7 Å². The Morgan fingerprint density at radius 2 is 1.68 bits per heavy atom. The normalized spacial score (nSPS) is 14.9. The minimum absolute atomic E-state index is 0.0576. The van der Waals surface area contributed by atoms with Crippen LogP contribution in [0.4, 0.5) is 0 Å². The summed E-state index contributed by atoms with van der Waals surface area (Å²) in [6.07, 6.45) is 4.90. The van der Waals surface area contributed by atoms with E-state index < -0.39 is 10.0 Å². The van der Waals surface area contributed by atoms with Gasteiger partial charge in [0.2, 0.25) is 15.9 Å². The molecule has 0 saturated heterocycles. The van der Waals surface area contributed by atoms with Crippen molar-refractivity contribution in [3.8, 4) is 11.5 Å². The fraction of sp³-hybridized carbons (Fsp3) is 0.423. The molecule has 1 fully saturated rings. The first-order valence-electron chi connectivity index (χ1n) is 11.7. The number of carbonyl (C=O) groups is 1. The van der Waals surface area contributed by atoms with E-state index in [1.165, 1.54) is 6.08 Å². The zero-order chi connectivity index (χ0) is 24.7. The summed E-state index contributed by atoms with van der Waals surface area (Å²) in [5.74, 6) is 1.24. The van der Waals surface area contributed by atoms with Gasteiger partial charge in [0.25, 0.3) is 0 Å². The van der Waals surface area contributed by atoms with Crippen LogP contribution in [-0.2, 0) is 14.8 Å². The van der Waals surface area contributed by atoms with Crippen molar-refractivity contribution in [2.75, 3.05) is 13.2 Å². The van der Waals surface area contributed by atoms with Crippen LogP contribution in [0.25, 0.3) is 6.08 Å². The van der Waals surface area contributed by atoms with Crippen LogP contribution < -0.4 is 19.5 Å². The summed E-state index contributed by atoms with van der Waals surface area (Å²) in [5.41, 5.74) is 1.67. The van der Waals surface area contributed by atoms with E-state index in [1.807, 2.05) is 45.9 Å². The first-order valence-corrected chi connectivity index (χ1v) is 13.2. The SMILES string of the molecule is CCOc1ccc(C(NC(=O)/C=C/c2ccc(S(=O)(=O)NC3CC3)cc2)C(C)C)cc1OCC. The lowest BCUT2D eigenvalue weighted by atomic mass is 9.95. The van der Waals surface area contributed by atoms with Crippen LogP contribution in [0.15, 0.2) is 53.4 Å². The number of rotatable bonds is 12. The molecule has 1 atom stereocenters. The second-order valence-electron chi connectivity index (χ2n) is 8.60. The van der Waals surface area contributed by atoms with Crippen molar-refractivity contribution in [1.29, 1.82) is 0 Å². The van der Waals surface area contributed by atoms with E-state index in [0.717, 1.165) is 24.0 Å². The van der Waals surface area contributed by atoms with Gasteiger partial charge in [0.15, 0.2) is 11.5 Å². The van der Waals surface area contributed by atoms with E-state index in [1.54, 1.807) is 30.3 Å². The zero-order valence-electron chi connectivity index (χ0n) is 20.2. The molecule has 1 amide bonds. The molecule has 1 saturated carbocycles. The Morgan fingerprint density at radius 3 is 2.26 bits per heavy atom. The molecule has 0 aliphatic heterocycles. The second kappa shape index (κ2) is 11.5. The van der Waals surface area contributed by atoms with Crippen LogP contribution in [0.2, 0.25) is 0 Å². The first-order chi connectivity index (χ1) is 16.2. The van der Waals surface area contributed by atoms with E-state index in [9.17, 15) is 13.2 Å². The van der Waals surface area contributed by atoms with Gasteiger partial charge in [-0.3, -0.25) is 4.79 Å². The van der Waals surface area contributed by atoms with Crippen molar-refractivity contribution in [2.45, 2.75) is 57.5 Å². The molecule has 0 heterocycles. The number of benzene rings is 2. The molecule has 2 aromatic rings. The summed E-state index contributed by atoms with van der Waals surface area (Å²) in [7, 11) is -3.49. The maximum Gasteiger partial charge on any atom is 0.244 e. The molecule has 1 unspecified atom stereocenters. The third kappa shape index (κ3) is 7.08. The van der Waals surface area contributed by atoms with Crippen molar-refractivity contribution in [3.05, 3.63) is 59.7 Å². The minimum atomic E-state index is -3.49. The predicted molar refractivity (Wildman–Crippen MR) is 133 cm³/mol. The molecule has 0 aromatic heterocycles. The summed E-state index contributed by atoms with van der Waals surface area (Å²) in [6.45, 7) is 8.98. The summed E-state index contributed by atoms with van der Waals surface area (Å²) in [6, 6.07) is 12.0. The monoisotopic (exact) mass is 486 g/mol. The molecule has 8 heteroatoms. The summed E-state index contributed by atoms with van der Waals surface area (Å²) < 4.78 is 38.6. The third-order valence-electron chi connectivity index (χ3n) is 5.41. The Morgan fingerprint density at radius 1 is 1.03 bits per heavy atom. The number of amides is 1. The fourth-order valence-electron chi connectivity index (χ4n) is 3.52. The molecule has 1 aliphatic rings. The highest BCUT2D eigenvalue weighted by Crippen LogP contribution is 2.33. The average molecular weight is 487 g/mol. The molecular formula is C26H34N2O5S. The number of hydrogen-bond donors (Lipinski definition) is 2. The van der Waals surface area contributed by atoms with Gasteiger partial charge >= 0.3 is 0 Å². The zero-order valence-corrected chi connectivity index (χ0v) is 21.0. The van der Waals surface area contributed by atoms with E-state index in [2.05, 4.69) is 10.0 Å². The highest BCUT2D eigenvalue weighted by Gasteiger charge is 2.27. The fourth-order valence-corrected chi connectivity index (χ4v) is 4.82. The number of sulfonamides is 1. The Labute approximate surface area is 202 Å². The van der Waals surface area contributed by atoms with Gasteiger partial charge in [-0.25, -0.2) is 13.1 Å².